The van der Waals surface area contributed by atoms with Crippen molar-refractivity contribution in [3.8, 4) is 0 Å². The summed E-state index contributed by atoms with van der Waals surface area (Å²) in [6.45, 7) is 0. The molecular weight excluding hydrogens is 146 g/mol. The van der Waals surface area contributed by atoms with E-state index in [9.17, 15) is 0 Å². The largest absolute Gasteiger partial charge is 0.382 e. The van der Waals surface area contributed by atoms with Gasteiger partial charge >= 0.3 is 0 Å². The van der Waals surface area contributed by atoms with Crippen LogP contribution in [-0.2, 0) is 0 Å². The van der Waals surface area contributed by atoms with Crippen molar-refractivity contribution in [3.05, 3.63) is 11.8 Å². The van der Waals surface area contributed by atoms with Crippen LogP contribution in [0.15, 0.2) is 6.07 Å². The highest BCUT2D eigenvalue weighted by Crippen LogP contribution is 2.32. The van der Waals surface area contributed by atoms with E-state index in [4.69, 9.17) is 5.73 Å². The molecule has 0 atom stereocenters. The van der Waals surface area contributed by atoms with E-state index in [0.717, 1.165) is 0 Å². The predicted molar refractivity (Wildman–Crippen MR) is 43.1 cm³/mol. The SMILES string of the molecule is Nc1cc(C2CSC2)[nH]n1. The van der Waals surface area contributed by atoms with Crippen LogP contribution in [0.5, 0.6) is 0 Å². The highest BCUT2D eigenvalue weighted by atomic mass is 32.2. The highest BCUT2D eigenvalue weighted by Gasteiger charge is 2.21. The highest BCUT2D eigenvalue weighted by molar-refractivity contribution is 8.00. The first-order chi connectivity index (χ1) is 4.86. The number of thioether (sulfide) groups is 1. The third kappa shape index (κ3) is 0.883. The first-order valence-electron chi connectivity index (χ1n) is 3.25. The Morgan fingerprint density at radius 2 is 2.50 bits per heavy atom. The maximum atomic E-state index is 5.45. The first kappa shape index (κ1) is 6.09. The Morgan fingerprint density at radius 1 is 1.70 bits per heavy atom. The maximum absolute atomic E-state index is 5.45. The lowest BCUT2D eigenvalue weighted by atomic mass is 10.1. The minimum Gasteiger partial charge on any atom is -0.382 e. The lowest BCUT2D eigenvalue weighted by Gasteiger charge is -2.22. The van der Waals surface area contributed by atoms with Crippen molar-refractivity contribution in [2.24, 2.45) is 0 Å². The van der Waals surface area contributed by atoms with Gasteiger partial charge in [-0.25, -0.2) is 0 Å². The van der Waals surface area contributed by atoms with E-state index in [1.54, 1.807) is 0 Å². The molecule has 1 aromatic heterocycles. The van der Waals surface area contributed by atoms with Crippen molar-refractivity contribution in [3.63, 3.8) is 0 Å². The Bertz CT molecular complexity index is 229. The van der Waals surface area contributed by atoms with Gasteiger partial charge in [0.1, 0.15) is 5.82 Å². The van der Waals surface area contributed by atoms with E-state index in [1.165, 1.54) is 17.2 Å². The molecule has 2 heterocycles. The van der Waals surface area contributed by atoms with Gasteiger partial charge in [0.05, 0.1) is 0 Å². The van der Waals surface area contributed by atoms with Gasteiger partial charge in [0.15, 0.2) is 0 Å². The Hall–Kier alpha value is -0.640. The molecule has 0 bridgehead atoms. The molecule has 0 spiro atoms. The van der Waals surface area contributed by atoms with E-state index in [0.29, 0.717) is 11.7 Å². The molecule has 3 N–H and O–H groups in total. The van der Waals surface area contributed by atoms with Crippen LogP contribution in [0.2, 0.25) is 0 Å². The molecule has 1 fully saturated rings. The number of hydrogen-bond acceptors (Lipinski definition) is 3. The van der Waals surface area contributed by atoms with Gasteiger partial charge in [-0.1, -0.05) is 0 Å². The zero-order valence-electron chi connectivity index (χ0n) is 5.50. The number of aromatic nitrogens is 2. The molecule has 3 nitrogen and oxygen atoms in total. The number of hydrogen-bond donors (Lipinski definition) is 2. The van der Waals surface area contributed by atoms with Gasteiger partial charge in [-0.3, -0.25) is 5.10 Å². The van der Waals surface area contributed by atoms with Crippen LogP contribution in [0, 0.1) is 0 Å². The standard InChI is InChI=1S/C6H9N3S/c7-6-1-5(8-9-6)4-2-10-3-4/h1,4H,2-3H2,(H3,7,8,9). The molecular formula is C6H9N3S. The fourth-order valence-corrected chi connectivity index (χ4v) is 1.81. The normalized spacial score (nSPS) is 18.8. The summed E-state index contributed by atoms with van der Waals surface area (Å²) in [5.74, 6) is 3.70. The van der Waals surface area contributed by atoms with E-state index < -0.39 is 0 Å². The third-order valence-corrected chi connectivity index (χ3v) is 2.97. The molecule has 1 aliphatic rings. The zero-order valence-corrected chi connectivity index (χ0v) is 6.32. The van der Waals surface area contributed by atoms with Gasteiger partial charge < -0.3 is 5.73 Å². The average Bonchev–Trinajstić information content (AvgIpc) is 2.10. The lowest BCUT2D eigenvalue weighted by molar-refractivity contribution is 0.798. The second-order valence-corrected chi connectivity index (χ2v) is 3.56. The summed E-state index contributed by atoms with van der Waals surface area (Å²) in [5, 5.41) is 6.78. The summed E-state index contributed by atoms with van der Waals surface area (Å²) in [6.07, 6.45) is 0. The number of nitrogens with two attached hydrogens (primary N) is 1. The minimum atomic E-state index is 0.604. The summed E-state index contributed by atoms with van der Waals surface area (Å²) in [7, 11) is 0. The predicted octanol–water partition coefficient (Wildman–Crippen LogP) is 0.822. The summed E-state index contributed by atoms with van der Waals surface area (Å²) < 4.78 is 0. The van der Waals surface area contributed by atoms with Crippen LogP contribution >= 0.6 is 11.8 Å². The number of nitrogens with zero attached hydrogens (tertiary/aromatic N) is 1. The van der Waals surface area contributed by atoms with Gasteiger partial charge in [-0.05, 0) is 0 Å². The van der Waals surface area contributed by atoms with Crippen LogP contribution in [0.3, 0.4) is 0 Å². The minimum absolute atomic E-state index is 0.604. The monoisotopic (exact) mass is 155 g/mol. The molecule has 0 aromatic carbocycles. The molecule has 0 radical (unpaired) electrons. The van der Waals surface area contributed by atoms with Crippen LogP contribution in [0.4, 0.5) is 5.82 Å². The van der Waals surface area contributed by atoms with Gasteiger partial charge in [0.2, 0.25) is 0 Å². The fraction of sp³-hybridized carbons (Fsp3) is 0.500. The molecule has 2 rings (SSSR count). The Balaban J connectivity index is 2.17. The number of nitrogen functional groups attached to an aromatic ring is 1. The molecule has 0 amide bonds. The Morgan fingerprint density at radius 3 is 2.90 bits per heavy atom. The molecule has 0 saturated carbocycles. The summed E-state index contributed by atoms with van der Waals surface area (Å²) >= 11 is 1.96. The second-order valence-electron chi connectivity index (χ2n) is 2.48. The van der Waals surface area contributed by atoms with E-state index in [-0.39, 0.29) is 0 Å². The van der Waals surface area contributed by atoms with Gasteiger partial charge in [-0.2, -0.15) is 16.9 Å². The molecule has 0 unspecified atom stereocenters. The van der Waals surface area contributed by atoms with Crippen molar-refractivity contribution in [1.82, 2.24) is 10.2 Å². The van der Waals surface area contributed by atoms with Crippen LogP contribution in [0.25, 0.3) is 0 Å². The summed E-state index contributed by atoms with van der Waals surface area (Å²) in [5.41, 5.74) is 6.64. The van der Waals surface area contributed by atoms with Crippen molar-refractivity contribution < 1.29 is 0 Å². The van der Waals surface area contributed by atoms with Crippen LogP contribution in [-0.4, -0.2) is 21.7 Å². The third-order valence-electron chi connectivity index (χ3n) is 1.70. The maximum Gasteiger partial charge on any atom is 0.145 e. The molecule has 1 aromatic rings. The van der Waals surface area contributed by atoms with Crippen molar-refractivity contribution in [2.45, 2.75) is 5.92 Å². The van der Waals surface area contributed by atoms with Gasteiger partial charge in [0, 0.05) is 29.2 Å². The summed E-state index contributed by atoms with van der Waals surface area (Å²) in [6, 6.07) is 1.92. The van der Waals surface area contributed by atoms with Crippen molar-refractivity contribution >= 4 is 17.6 Å². The van der Waals surface area contributed by atoms with Gasteiger partial charge in [-0.15, -0.1) is 0 Å². The smallest absolute Gasteiger partial charge is 0.145 e. The quantitative estimate of drug-likeness (QED) is 0.631. The van der Waals surface area contributed by atoms with Gasteiger partial charge in [0.25, 0.3) is 0 Å². The topological polar surface area (TPSA) is 54.7 Å². The molecule has 0 aliphatic carbocycles. The number of anilines is 1. The second kappa shape index (κ2) is 2.20. The van der Waals surface area contributed by atoms with E-state index in [2.05, 4.69) is 10.2 Å². The molecule has 54 valence electrons. The van der Waals surface area contributed by atoms with E-state index >= 15 is 0 Å². The lowest BCUT2D eigenvalue weighted by Crippen LogP contribution is -2.15. The summed E-state index contributed by atoms with van der Waals surface area (Å²) in [4.78, 5) is 0. The van der Waals surface area contributed by atoms with Crippen molar-refractivity contribution in [2.75, 3.05) is 17.2 Å². The molecule has 1 aliphatic heterocycles. The molecule has 1 saturated heterocycles. The first-order valence-corrected chi connectivity index (χ1v) is 4.40. The fourth-order valence-electron chi connectivity index (χ4n) is 0.977. The molecule has 10 heavy (non-hydrogen) atoms. The number of aromatic amines is 1. The average molecular weight is 155 g/mol. The Kier molecular flexibility index (Phi) is 1.34. The number of rotatable bonds is 1. The number of H-pyrrole nitrogens is 1. The van der Waals surface area contributed by atoms with Crippen molar-refractivity contribution in [1.29, 1.82) is 0 Å². The number of nitrogens with one attached hydrogen (secondary N) is 1. The Labute approximate surface area is 63.4 Å². The zero-order chi connectivity index (χ0) is 6.97. The van der Waals surface area contributed by atoms with E-state index in [1.807, 2.05) is 17.8 Å². The van der Waals surface area contributed by atoms with Crippen LogP contribution in [0.1, 0.15) is 11.6 Å². The molecule has 4 heteroatoms. The van der Waals surface area contributed by atoms with Crippen LogP contribution < -0.4 is 5.73 Å².